The van der Waals surface area contributed by atoms with E-state index < -0.39 is 28.8 Å². The largest absolute Gasteiger partial charge is 0.465 e. The average Bonchev–Trinajstić information content (AvgIpc) is 2.45. The SMILES string of the molecule is COC(=O)c1ccc(C(O)C(O)CCBr)c([N+](=O)[O-])c1. The lowest BCUT2D eigenvalue weighted by Gasteiger charge is -2.17. The van der Waals surface area contributed by atoms with Gasteiger partial charge in [-0.1, -0.05) is 15.9 Å². The summed E-state index contributed by atoms with van der Waals surface area (Å²) in [5, 5.41) is 31.1. The minimum atomic E-state index is -1.40. The Hall–Kier alpha value is -1.51. The fourth-order valence-electron chi connectivity index (χ4n) is 1.67. The van der Waals surface area contributed by atoms with Gasteiger partial charge in [0.2, 0.25) is 0 Å². The van der Waals surface area contributed by atoms with E-state index in [2.05, 4.69) is 20.7 Å². The molecule has 0 aliphatic heterocycles. The summed E-state index contributed by atoms with van der Waals surface area (Å²) in [4.78, 5) is 21.6. The van der Waals surface area contributed by atoms with Crippen LogP contribution in [0.4, 0.5) is 5.69 Å². The lowest BCUT2D eigenvalue weighted by Crippen LogP contribution is -2.20. The molecule has 0 saturated carbocycles. The molecule has 0 radical (unpaired) electrons. The van der Waals surface area contributed by atoms with Crippen LogP contribution in [-0.2, 0) is 4.74 Å². The highest BCUT2D eigenvalue weighted by Crippen LogP contribution is 2.29. The van der Waals surface area contributed by atoms with Gasteiger partial charge in [-0.3, -0.25) is 10.1 Å². The van der Waals surface area contributed by atoms with Crippen molar-refractivity contribution in [3.05, 3.63) is 39.4 Å². The first-order valence-corrected chi connectivity index (χ1v) is 6.83. The Morgan fingerprint density at radius 1 is 1.50 bits per heavy atom. The molecule has 0 aliphatic rings. The van der Waals surface area contributed by atoms with E-state index in [1.807, 2.05) is 0 Å². The van der Waals surface area contributed by atoms with E-state index in [-0.39, 0.29) is 17.5 Å². The monoisotopic (exact) mass is 347 g/mol. The molecule has 0 aliphatic carbocycles. The Bertz CT molecular complexity index is 507. The maximum absolute atomic E-state index is 11.3. The third-order valence-electron chi connectivity index (χ3n) is 2.74. The Morgan fingerprint density at radius 3 is 2.65 bits per heavy atom. The topological polar surface area (TPSA) is 110 Å². The van der Waals surface area contributed by atoms with Crippen molar-refractivity contribution in [1.82, 2.24) is 0 Å². The van der Waals surface area contributed by atoms with Gasteiger partial charge in [-0.25, -0.2) is 4.79 Å². The van der Waals surface area contributed by atoms with Crippen molar-refractivity contribution in [2.75, 3.05) is 12.4 Å². The Labute approximate surface area is 123 Å². The van der Waals surface area contributed by atoms with Crippen molar-refractivity contribution in [2.45, 2.75) is 18.6 Å². The first-order chi connectivity index (χ1) is 9.42. The fourth-order valence-corrected chi connectivity index (χ4v) is 2.14. The number of aliphatic hydroxyl groups excluding tert-OH is 2. The van der Waals surface area contributed by atoms with Crippen molar-refractivity contribution in [3.8, 4) is 0 Å². The number of halogens is 1. The quantitative estimate of drug-likeness (QED) is 0.349. The van der Waals surface area contributed by atoms with E-state index >= 15 is 0 Å². The van der Waals surface area contributed by atoms with E-state index in [1.165, 1.54) is 12.1 Å². The summed E-state index contributed by atoms with van der Waals surface area (Å²) >= 11 is 3.11. The molecule has 1 aromatic rings. The minimum Gasteiger partial charge on any atom is -0.465 e. The molecule has 2 unspecified atom stereocenters. The number of nitro groups is 1. The van der Waals surface area contributed by atoms with Crippen molar-refractivity contribution >= 4 is 27.6 Å². The van der Waals surface area contributed by atoms with Gasteiger partial charge in [0.15, 0.2) is 0 Å². The van der Waals surface area contributed by atoms with Crippen molar-refractivity contribution < 1.29 is 24.7 Å². The Balaban J connectivity index is 3.20. The van der Waals surface area contributed by atoms with Crippen LogP contribution in [0.15, 0.2) is 18.2 Å². The molecule has 110 valence electrons. The zero-order valence-corrected chi connectivity index (χ0v) is 12.2. The van der Waals surface area contributed by atoms with Crippen molar-refractivity contribution in [2.24, 2.45) is 0 Å². The number of nitrogens with zero attached hydrogens (tertiary/aromatic N) is 1. The molecule has 20 heavy (non-hydrogen) atoms. The lowest BCUT2D eigenvalue weighted by atomic mass is 9.99. The molecule has 0 fully saturated rings. The van der Waals surface area contributed by atoms with E-state index in [9.17, 15) is 25.1 Å². The molecule has 0 spiro atoms. The molecule has 0 heterocycles. The standard InChI is InChI=1S/C12H14BrNO6/c1-20-12(17)7-2-3-8(9(6-7)14(18)19)11(16)10(15)4-5-13/h2-3,6,10-11,15-16H,4-5H2,1H3. The highest BCUT2D eigenvalue weighted by molar-refractivity contribution is 9.09. The van der Waals surface area contributed by atoms with Crippen LogP contribution in [0.25, 0.3) is 0 Å². The molecule has 2 N–H and O–H groups in total. The highest BCUT2D eigenvalue weighted by Gasteiger charge is 2.27. The van der Waals surface area contributed by atoms with Gasteiger partial charge in [-0.05, 0) is 18.6 Å². The number of esters is 1. The van der Waals surface area contributed by atoms with Gasteiger partial charge in [0.1, 0.15) is 6.10 Å². The normalized spacial score (nSPS) is 13.6. The summed E-state index contributed by atoms with van der Waals surface area (Å²) in [7, 11) is 1.16. The molecule has 0 saturated heterocycles. The molecule has 8 heteroatoms. The summed E-state index contributed by atoms with van der Waals surface area (Å²) in [5.41, 5.74) is -0.477. The van der Waals surface area contributed by atoms with Crippen molar-refractivity contribution in [3.63, 3.8) is 0 Å². The summed E-state index contributed by atoms with van der Waals surface area (Å²) in [5.74, 6) is -0.713. The summed E-state index contributed by atoms with van der Waals surface area (Å²) in [6.07, 6.45) is -2.31. The predicted octanol–water partition coefficient (Wildman–Crippen LogP) is 1.56. The van der Waals surface area contributed by atoms with Crippen LogP contribution in [-0.4, -0.2) is 39.6 Å². The number of aliphatic hydroxyl groups is 2. The number of carbonyl (C=O) groups excluding carboxylic acids is 1. The smallest absolute Gasteiger partial charge is 0.338 e. The third kappa shape index (κ3) is 3.75. The molecule has 7 nitrogen and oxygen atoms in total. The highest BCUT2D eigenvalue weighted by atomic mass is 79.9. The number of methoxy groups -OCH3 is 1. The molecule has 1 rings (SSSR count). The zero-order chi connectivity index (χ0) is 15.3. The number of hydrogen-bond donors (Lipinski definition) is 2. The van der Waals surface area contributed by atoms with Gasteiger partial charge in [0.05, 0.1) is 29.3 Å². The molecule has 2 atom stereocenters. The van der Waals surface area contributed by atoms with E-state index in [0.717, 1.165) is 13.2 Å². The Kier molecular flexibility index (Phi) is 6.05. The molecule has 0 amide bonds. The Morgan fingerprint density at radius 2 is 2.15 bits per heavy atom. The third-order valence-corrected chi connectivity index (χ3v) is 3.19. The number of rotatable bonds is 6. The molecule has 0 aromatic heterocycles. The number of ether oxygens (including phenoxy) is 1. The van der Waals surface area contributed by atoms with Crippen LogP contribution in [0.5, 0.6) is 0 Å². The zero-order valence-electron chi connectivity index (χ0n) is 10.7. The average molecular weight is 348 g/mol. The number of hydrogen-bond acceptors (Lipinski definition) is 6. The van der Waals surface area contributed by atoms with Gasteiger partial charge in [0.25, 0.3) is 5.69 Å². The van der Waals surface area contributed by atoms with Crippen LogP contribution in [0.3, 0.4) is 0 Å². The first kappa shape index (κ1) is 16.5. The maximum atomic E-state index is 11.3. The summed E-state index contributed by atoms with van der Waals surface area (Å²) < 4.78 is 4.48. The number of nitro benzene ring substituents is 1. The predicted molar refractivity (Wildman–Crippen MR) is 73.8 cm³/mol. The van der Waals surface area contributed by atoms with E-state index in [1.54, 1.807) is 0 Å². The van der Waals surface area contributed by atoms with Crippen LogP contribution < -0.4 is 0 Å². The second-order valence-electron chi connectivity index (χ2n) is 4.01. The summed E-state index contributed by atoms with van der Waals surface area (Å²) in [6.45, 7) is 0. The molecule has 0 bridgehead atoms. The van der Waals surface area contributed by atoms with Gasteiger partial charge >= 0.3 is 5.97 Å². The second kappa shape index (κ2) is 7.32. The van der Waals surface area contributed by atoms with Crippen LogP contribution >= 0.6 is 15.9 Å². The van der Waals surface area contributed by atoms with Gasteiger partial charge in [-0.15, -0.1) is 0 Å². The van der Waals surface area contributed by atoms with Gasteiger partial charge in [-0.2, -0.15) is 0 Å². The van der Waals surface area contributed by atoms with E-state index in [4.69, 9.17) is 0 Å². The van der Waals surface area contributed by atoms with E-state index in [0.29, 0.717) is 5.33 Å². The lowest BCUT2D eigenvalue weighted by molar-refractivity contribution is -0.386. The maximum Gasteiger partial charge on any atom is 0.338 e. The number of benzene rings is 1. The van der Waals surface area contributed by atoms with Crippen molar-refractivity contribution in [1.29, 1.82) is 0 Å². The van der Waals surface area contributed by atoms with Crippen LogP contribution in [0.2, 0.25) is 0 Å². The summed E-state index contributed by atoms with van der Waals surface area (Å²) in [6, 6.07) is 3.57. The van der Waals surface area contributed by atoms with Gasteiger partial charge in [0, 0.05) is 11.4 Å². The number of carbonyl (C=O) groups is 1. The molecule has 1 aromatic carbocycles. The van der Waals surface area contributed by atoms with Crippen LogP contribution in [0, 0.1) is 10.1 Å². The molecular weight excluding hydrogens is 334 g/mol. The fraction of sp³-hybridized carbons (Fsp3) is 0.417. The first-order valence-electron chi connectivity index (χ1n) is 5.71. The molecular formula is C12H14BrNO6. The number of alkyl halides is 1. The minimum absolute atomic E-state index is 0.00475. The second-order valence-corrected chi connectivity index (χ2v) is 4.81. The van der Waals surface area contributed by atoms with Crippen LogP contribution in [0.1, 0.15) is 28.4 Å². The van der Waals surface area contributed by atoms with Gasteiger partial charge < -0.3 is 14.9 Å².